The van der Waals surface area contributed by atoms with Crippen molar-refractivity contribution in [1.29, 1.82) is 0 Å². The Balaban J connectivity index is 0.00000841. The fourth-order valence-corrected chi connectivity index (χ4v) is 2.35. The molecule has 0 bridgehead atoms. The fraction of sp³-hybridized carbons (Fsp3) is 0.571. The van der Waals surface area contributed by atoms with Crippen LogP contribution >= 0.6 is 24.0 Å². The molecule has 0 aliphatic rings. The lowest BCUT2D eigenvalue weighted by Gasteiger charge is -2.29. The van der Waals surface area contributed by atoms with Crippen LogP contribution in [0, 0.1) is 0 Å². The molecule has 8 nitrogen and oxygen atoms in total. The monoisotopic (exact) mass is 533 g/mol. The molecule has 1 aromatic rings. The number of carbonyl (C=O) groups excluding carboxylic acids is 2. The number of aliphatic imine (C=N–C) groups is 1. The number of nitrogens with zero attached hydrogens (tertiary/aromatic N) is 1. The summed E-state index contributed by atoms with van der Waals surface area (Å²) in [6.45, 7) is 12.9. The number of guanidine groups is 1. The van der Waals surface area contributed by atoms with Gasteiger partial charge in [-0.2, -0.15) is 0 Å². The minimum absolute atomic E-state index is 0. The van der Waals surface area contributed by atoms with Gasteiger partial charge in [-0.15, -0.1) is 24.0 Å². The average Bonchev–Trinajstić information content (AvgIpc) is 2.61. The maximum atomic E-state index is 12.0. The van der Waals surface area contributed by atoms with Crippen LogP contribution in [-0.4, -0.2) is 49.2 Å². The van der Waals surface area contributed by atoms with Crippen molar-refractivity contribution in [1.82, 2.24) is 21.3 Å². The van der Waals surface area contributed by atoms with E-state index in [1.165, 1.54) is 0 Å². The number of hydrogen-bond acceptors (Lipinski definition) is 4. The molecule has 0 aliphatic carbocycles. The van der Waals surface area contributed by atoms with Gasteiger partial charge in [-0.3, -0.25) is 4.79 Å². The third-order valence-electron chi connectivity index (χ3n) is 3.74. The summed E-state index contributed by atoms with van der Waals surface area (Å²) < 4.78 is 5.32. The second-order valence-corrected chi connectivity index (χ2v) is 8.34. The largest absolute Gasteiger partial charge is 0.444 e. The maximum Gasteiger partial charge on any atom is 0.408 e. The molecule has 0 fully saturated rings. The van der Waals surface area contributed by atoms with Gasteiger partial charge in [-0.05, 0) is 59.2 Å². The Kier molecular flexibility index (Phi) is 11.8. The molecule has 0 heterocycles. The topological polar surface area (TPSA) is 104 Å². The van der Waals surface area contributed by atoms with Crippen LogP contribution in [0.1, 0.15) is 57.5 Å². The Morgan fingerprint density at radius 1 is 1.03 bits per heavy atom. The van der Waals surface area contributed by atoms with E-state index in [2.05, 4.69) is 26.3 Å². The Hall–Kier alpha value is -2.04. The molecule has 170 valence electrons. The Morgan fingerprint density at radius 2 is 1.63 bits per heavy atom. The van der Waals surface area contributed by atoms with Crippen molar-refractivity contribution in [2.45, 2.75) is 59.2 Å². The molecule has 1 aromatic carbocycles. The molecule has 9 heteroatoms. The smallest absolute Gasteiger partial charge is 0.408 e. The van der Waals surface area contributed by atoms with Gasteiger partial charge in [0.25, 0.3) is 5.91 Å². The summed E-state index contributed by atoms with van der Waals surface area (Å²) in [6.07, 6.45) is -0.456. The highest BCUT2D eigenvalue weighted by Crippen LogP contribution is 2.09. The van der Waals surface area contributed by atoms with E-state index in [9.17, 15) is 9.59 Å². The lowest BCUT2D eigenvalue weighted by atomic mass is 10.1. The highest BCUT2D eigenvalue weighted by Gasteiger charge is 2.24. The zero-order chi connectivity index (χ0) is 22.1. The molecule has 0 aliphatic heterocycles. The van der Waals surface area contributed by atoms with E-state index >= 15 is 0 Å². The highest BCUT2D eigenvalue weighted by molar-refractivity contribution is 14.0. The molecular formula is C21H36IN5O3. The van der Waals surface area contributed by atoms with Crippen molar-refractivity contribution >= 4 is 41.9 Å². The molecule has 0 radical (unpaired) electrons. The second kappa shape index (κ2) is 12.6. The molecule has 0 saturated heterocycles. The van der Waals surface area contributed by atoms with Crippen molar-refractivity contribution in [2.75, 3.05) is 20.1 Å². The first-order chi connectivity index (χ1) is 13.5. The first kappa shape index (κ1) is 28.0. The van der Waals surface area contributed by atoms with E-state index in [-0.39, 0.29) is 29.9 Å². The van der Waals surface area contributed by atoms with E-state index in [0.717, 1.165) is 5.56 Å². The molecule has 2 amide bonds. The van der Waals surface area contributed by atoms with E-state index in [0.29, 0.717) is 31.2 Å². The summed E-state index contributed by atoms with van der Waals surface area (Å²) in [6, 6.07) is 7.31. The van der Waals surface area contributed by atoms with Crippen LogP contribution in [0.5, 0.6) is 0 Å². The van der Waals surface area contributed by atoms with Gasteiger partial charge >= 0.3 is 6.09 Å². The van der Waals surface area contributed by atoms with Gasteiger partial charge in [0.05, 0.1) is 12.1 Å². The number of carbonyl (C=O) groups is 2. The lowest BCUT2D eigenvalue weighted by molar-refractivity contribution is 0.0473. The zero-order valence-corrected chi connectivity index (χ0v) is 21.3. The number of benzene rings is 1. The van der Waals surface area contributed by atoms with Gasteiger partial charge < -0.3 is 26.0 Å². The van der Waals surface area contributed by atoms with Gasteiger partial charge in [-0.1, -0.05) is 12.1 Å². The van der Waals surface area contributed by atoms with Gasteiger partial charge in [-0.25, -0.2) is 9.79 Å². The maximum absolute atomic E-state index is 12.0. The van der Waals surface area contributed by atoms with Crippen LogP contribution in [0.3, 0.4) is 0 Å². The number of nitrogens with one attached hydrogen (secondary N) is 4. The van der Waals surface area contributed by atoms with Crippen molar-refractivity contribution < 1.29 is 14.3 Å². The molecular weight excluding hydrogens is 497 g/mol. The third-order valence-corrected chi connectivity index (χ3v) is 3.74. The van der Waals surface area contributed by atoms with Crippen molar-refractivity contribution in [3.8, 4) is 0 Å². The quantitative estimate of drug-likeness (QED) is 0.245. The van der Waals surface area contributed by atoms with Gasteiger partial charge in [0, 0.05) is 25.7 Å². The van der Waals surface area contributed by atoms with Crippen LogP contribution in [0.25, 0.3) is 0 Å². The van der Waals surface area contributed by atoms with Crippen LogP contribution in [0.15, 0.2) is 29.3 Å². The minimum atomic E-state index is -0.544. The van der Waals surface area contributed by atoms with Crippen LogP contribution < -0.4 is 21.3 Å². The summed E-state index contributed by atoms with van der Waals surface area (Å²) in [5.41, 5.74) is 0.520. The SMILES string of the molecule is CCNC(=NCc1ccc(C(=O)NC)cc1)NCC(C)(C)NC(=O)OC(C)(C)C.I. The first-order valence-electron chi connectivity index (χ1n) is 9.80. The van der Waals surface area contributed by atoms with Crippen LogP contribution in [0.4, 0.5) is 4.79 Å². The van der Waals surface area contributed by atoms with Crippen LogP contribution in [-0.2, 0) is 11.3 Å². The normalized spacial score (nSPS) is 11.8. The minimum Gasteiger partial charge on any atom is -0.444 e. The Bertz CT molecular complexity index is 712. The lowest BCUT2D eigenvalue weighted by Crippen LogP contribution is -2.54. The van der Waals surface area contributed by atoms with Crippen molar-refractivity contribution in [3.05, 3.63) is 35.4 Å². The fourth-order valence-electron chi connectivity index (χ4n) is 2.35. The average molecular weight is 533 g/mol. The van der Waals surface area contributed by atoms with Gasteiger partial charge in [0.15, 0.2) is 5.96 Å². The second-order valence-electron chi connectivity index (χ2n) is 8.34. The summed E-state index contributed by atoms with van der Waals surface area (Å²) >= 11 is 0. The molecule has 0 aromatic heterocycles. The molecule has 0 atom stereocenters. The van der Waals surface area contributed by atoms with Gasteiger partial charge in [0.1, 0.15) is 5.60 Å². The number of halogens is 1. The predicted molar refractivity (Wildman–Crippen MR) is 132 cm³/mol. The molecule has 0 saturated carbocycles. The molecule has 0 unspecified atom stereocenters. The van der Waals surface area contributed by atoms with E-state index in [4.69, 9.17) is 4.74 Å². The Labute approximate surface area is 197 Å². The third kappa shape index (κ3) is 11.2. The number of ether oxygens (including phenoxy) is 1. The molecule has 30 heavy (non-hydrogen) atoms. The summed E-state index contributed by atoms with van der Waals surface area (Å²) in [5, 5.41) is 11.9. The number of rotatable bonds is 7. The summed E-state index contributed by atoms with van der Waals surface area (Å²) in [4.78, 5) is 28.2. The van der Waals surface area contributed by atoms with Gasteiger partial charge in [0.2, 0.25) is 0 Å². The van der Waals surface area contributed by atoms with Crippen molar-refractivity contribution in [2.24, 2.45) is 4.99 Å². The van der Waals surface area contributed by atoms with E-state index in [1.54, 1.807) is 19.2 Å². The first-order valence-corrected chi connectivity index (χ1v) is 9.80. The molecule has 0 spiro atoms. The zero-order valence-electron chi connectivity index (χ0n) is 19.0. The molecule has 1 rings (SSSR count). The summed E-state index contributed by atoms with van der Waals surface area (Å²) in [5.74, 6) is 0.525. The summed E-state index contributed by atoms with van der Waals surface area (Å²) in [7, 11) is 1.61. The Morgan fingerprint density at radius 3 is 2.13 bits per heavy atom. The number of alkyl carbamates (subject to hydrolysis) is 1. The van der Waals surface area contributed by atoms with E-state index in [1.807, 2.05) is 53.7 Å². The number of hydrogen-bond donors (Lipinski definition) is 4. The highest BCUT2D eigenvalue weighted by atomic mass is 127. The molecule has 4 N–H and O–H groups in total. The predicted octanol–water partition coefficient (Wildman–Crippen LogP) is 3.02. The van der Waals surface area contributed by atoms with Crippen molar-refractivity contribution in [3.63, 3.8) is 0 Å². The number of amides is 2. The standard InChI is InChI=1S/C21H35N5O3.HI/c1-8-23-18(24-13-15-9-11-16(12-10-15)17(27)22-7)25-14-21(5,6)26-19(28)29-20(2,3)4;/h9-12H,8,13-14H2,1-7H3,(H,22,27)(H,26,28)(H2,23,24,25);1H. The van der Waals surface area contributed by atoms with E-state index < -0.39 is 17.2 Å². The van der Waals surface area contributed by atoms with Crippen LogP contribution in [0.2, 0.25) is 0 Å².